The van der Waals surface area contributed by atoms with Gasteiger partial charge in [-0.2, -0.15) is 21.8 Å². The largest absolute Gasteiger partial charge is 0.490 e. The number of nitrogens with one attached hydrogen (secondary N) is 1. The lowest BCUT2D eigenvalue weighted by atomic mass is 9.99. The van der Waals surface area contributed by atoms with Gasteiger partial charge < -0.3 is 29.4 Å². The highest BCUT2D eigenvalue weighted by Gasteiger charge is 2.58. The molecule has 23 heteroatoms. The lowest BCUT2D eigenvalue weighted by Crippen LogP contribution is -2.41. The summed E-state index contributed by atoms with van der Waals surface area (Å²) in [6, 6.07) is 0. The number of phosphoric acid groups is 3. The van der Waals surface area contributed by atoms with E-state index in [1.165, 1.54) is 0 Å². The topological polar surface area (TPSA) is 227 Å². The van der Waals surface area contributed by atoms with E-state index in [4.69, 9.17) is 19.4 Å². The third-order valence-corrected chi connectivity index (χ3v) is 7.86. The van der Waals surface area contributed by atoms with Crippen LogP contribution in [0, 0.1) is 16.4 Å². The van der Waals surface area contributed by atoms with Crippen LogP contribution in [0.2, 0.25) is 0 Å². The van der Waals surface area contributed by atoms with Gasteiger partial charge in [0.2, 0.25) is 0 Å². The van der Waals surface area contributed by atoms with Gasteiger partial charge in [0.1, 0.15) is 16.7 Å². The van der Waals surface area contributed by atoms with Crippen LogP contribution in [-0.4, -0.2) is 59.2 Å². The number of aromatic amines is 1. The fourth-order valence-corrected chi connectivity index (χ4v) is 5.77. The first-order chi connectivity index (χ1) is 14.7. The van der Waals surface area contributed by atoms with E-state index < -0.39 is 76.8 Å². The van der Waals surface area contributed by atoms with Crippen LogP contribution in [0.1, 0.15) is 6.23 Å². The van der Waals surface area contributed by atoms with Crippen molar-refractivity contribution in [3.63, 3.8) is 0 Å². The summed E-state index contributed by atoms with van der Waals surface area (Å²) in [5.41, 5.74) is -1.36. The molecule has 1 saturated heterocycles. The minimum absolute atomic E-state index is 0.0807. The molecular formula is C10H13F4N2O13P3S. The molecule has 190 valence electrons. The van der Waals surface area contributed by atoms with E-state index >= 15 is 0 Å². The number of hydrogen-bond acceptors (Lipinski definition) is 10. The van der Waals surface area contributed by atoms with Gasteiger partial charge in [-0.05, 0) is 0 Å². The molecule has 1 aliphatic heterocycles. The number of alkyl halides is 3. The van der Waals surface area contributed by atoms with Gasteiger partial charge in [-0.15, -0.1) is 0 Å². The van der Waals surface area contributed by atoms with Crippen molar-refractivity contribution in [2.75, 3.05) is 6.61 Å². The molecule has 0 saturated carbocycles. The van der Waals surface area contributed by atoms with Crippen molar-refractivity contribution < 1.29 is 73.8 Å². The van der Waals surface area contributed by atoms with Crippen molar-refractivity contribution in [2.24, 2.45) is 5.92 Å². The van der Waals surface area contributed by atoms with Gasteiger partial charge in [0.05, 0.1) is 18.9 Å². The first kappa shape index (κ1) is 28.4. The maximum Gasteiger partial charge on any atom is 0.490 e. The van der Waals surface area contributed by atoms with E-state index in [-0.39, 0.29) is 10.8 Å². The van der Waals surface area contributed by atoms with E-state index in [2.05, 4.69) is 25.4 Å². The average Bonchev–Trinajstić information content (AvgIpc) is 2.89. The highest BCUT2D eigenvalue weighted by Crippen LogP contribution is 2.66. The Bertz CT molecular complexity index is 1150. The lowest BCUT2D eigenvalue weighted by molar-refractivity contribution is -0.211. The molecule has 15 nitrogen and oxygen atoms in total. The Morgan fingerprint density at radius 1 is 1.15 bits per heavy atom. The number of H-pyrrole nitrogens is 1. The number of aliphatic hydroxyl groups is 1. The molecule has 0 radical (unpaired) electrons. The zero-order chi connectivity index (χ0) is 25.6. The van der Waals surface area contributed by atoms with Gasteiger partial charge >= 0.3 is 35.3 Å². The number of halogens is 4. The number of phosphoric ester groups is 1. The standard InChI is InChI=1S/C10H13F4N2O13P3S/c11-3-1-16(9(18)15-7(3)33)8-5(10(12,13)14)6(17)4(27-8)2-26-31(22,23)29-32(24,25)28-30(19,20)21/h1,4-6,8,17H,2H2,(H,22,23)(H,24,25)(H,15,18,33)(H2,19,20,21)/t4-,5?,6?,8-/m1/s1. The third kappa shape index (κ3) is 7.57. The van der Waals surface area contributed by atoms with Crippen molar-refractivity contribution >= 4 is 35.7 Å². The number of ether oxygens (including phenoxy) is 1. The SMILES string of the molecule is O=c1[nH]c(=S)c(F)cn1[C@@H]1O[C@H](COP(=O)(O)OP(=O)(O)OP(=O)(O)O)C(O)C1C(F)(F)F. The molecule has 0 aromatic carbocycles. The predicted octanol–water partition coefficient (Wildman–Crippen LogP) is 0.825. The van der Waals surface area contributed by atoms with Gasteiger partial charge in [-0.1, -0.05) is 12.2 Å². The van der Waals surface area contributed by atoms with Crippen LogP contribution in [0.25, 0.3) is 0 Å². The number of aliphatic hydroxyl groups excluding tert-OH is 1. The van der Waals surface area contributed by atoms with Crippen molar-refractivity contribution in [1.82, 2.24) is 9.55 Å². The lowest BCUT2D eigenvalue weighted by Gasteiger charge is -2.24. The maximum atomic E-state index is 13.7. The Morgan fingerprint density at radius 2 is 1.73 bits per heavy atom. The summed E-state index contributed by atoms with van der Waals surface area (Å²) in [5, 5.41) is 10.0. The van der Waals surface area contributed by atoms with E-state index in [1.807, 2.05) is 0 Å². The Hall–Kier alpha value is -0.850. The molecule has 4 unspecified atom stereocenters. The molecule has 0 spiro atoms. The molecule has 1 aliphatic rings. The second kappa shape index (κ2) is 9.66. The highest BCUT2D eigenvalue weighted by atomic mass is 32.1. The fourth-order valence-electron chi connectivity index (χ4n) is 2.60. The molecule has 6 atom stereocenters. The average molecular weight is 570 g/mol. The van der Waals surface area contributed by atoms with E-state index in [1.54, 1.807) is 4.98 Å². The minimum atomic E-state index is -5.91. The van der Waals surface area contributed by atoms with Crippen LogP contribution in [0.15, 0.2) is 11.0 Å². The first-order valence-electron chi connectivity index (χ1n) is 7.92. The van der Waals surface area contributed by atoms with Gasteiger partial charge in [-0.3, -0.25) is 14.1 Å². The fraction of sp³-hybridized carbons (Fsp3) is 0.600. The summed E-state index contributed by atoms with van der Waals surface area (Å²) < 4.78 is 103. The molecule has 1 aromatic rings. The van der Waals surface area contributed by atoms with Crippen molar-refractivity contribution in [3.8, 4) is 0 Å². The van der Waals surface area contributed by atoms with Crippen LogP contribution >= 0.6 is 35.7 Å². The monoisotopic (exact) mass is 570 g/mol. The zero-order valence-corrected chi connectivity index (χ0v) is 18.8. The van der Waals surface area contributed by atoms with Gasteiger partial charge in [0.15, 0.2) is 12.0 Å². The Kier molecular flexibility index (Phi) is 8.31. The number of aromatic nitrogens is 2. The molecule has 2 rings (SSSR count). The van der Waals surface area contributed by atoms with Crippen molar-refractivity contribution in [2.45, 2.75) is 24.6 Å². The Labute approximate surface area is 184 Å². The van der Waals surface area contributed by atoms with Gasteiger partial charge in [0.25, 0.3) is 0 Å². The molecule has 0 amide bonds. The molecule has 33 heavy (non-hydrogen) atoms. The summed E-state index contributed by atoms with van der Waals surface area (Å²) in [6.07, 6.45) is -12.1. The van der Waals surface area contributed by atoms with E-state index in [0.29, 0.717) is 0 Å². The number of hydrogen-bond donors (Lipinski definition) is 6. The van der Waals surface area contributed by atoms with Crippen molar-refractivity contribution in [1.29, 1.82) is 0 Å². The van der Waals surface area contributed by atoms with Gasteiger partial charge in [0, 0.05) is 0 Å². The molecule has 6 N–H and O–H groups in total. The molecule has 1 fully saturated rings. The van der Waals surface area contributed by atoms with E-state index in [0.717, 1.165) is 0 Å². The smallest absolute Gasteiger partial charge is 0.389 e. The summed E-state index contributed by atoms with van der Waals surface area (Å²) in [7, 11) is -17.4. The van der Waals surface area contributed by atoms with Crippen LogP contribution < -0.4 is 5.69 Å². The second-order valence-corrected chi connectivity index (χ2v) is 11.0. The first-order valence-corrected chi connectivity index (χ1v) is 12.8. The molecular weight excluding hydrogens is 557 g/mol. The summed E-state index contributed by atoms with van der Waals surface area (Å²) in [4.78, 5) is 48.9. The third-order valence-electron chi connectivity index (χ3n) is 3.76. The minimum Gasteiger partial charge on any atom is -0.389 e. The molecule has 2 heterocycles. The predicted molar refractivity (Wildman–Crippen MR) is 95.1 cm³/mol. The summed E-state index contributed by atoms with van der Waals surface area (Å²) in [6.45, 7) is -1.45. The van der Waals surface area contributed by atoms with Gasteiger partial charge in [-0.25, -0.2) is 22.9 Å². The zero-order valence-electron chi connectivity index (χ0n) is 15.3. The Balaban J connectivity index is 2.25. The summed E-state index contributed by atoms with van der Waals surface area (Å²) >= 11 is 4.43. The van der Waals surface area contributed by atoms with Crippen LogP contribution in [0.5, 0.6) is 0 Å². The van der Waals surface area contributed by atoms with Crippen LogP contribution in [0.3, 0.4) is 0 Å². The number of rotatable bonds is 8. The molecule has 0 aliphatic carbocycles. The highest BCUT2D eigenvalue weighted by molar-refractivity contribution is 7.71. The van der Waals surface area contributed by atoms with Crippen molar-refractivity contribution in [3.05, 3.63) is 27.1 Å². The second-order valence-electron chi connectivity index (χ2n) is 6.15. The number of nitrogens with zero attached hydrogens (tertiary/aromatic N) is 1. The maximum absolute atomic E-state index is 13.7. The van der Waals surface area contributed by atoms with Crippen LogP contribution in [-0.2, 0) is 31.6 Å². The Morgan fingerprint density at radius 3 is 2.24 bits per heavy atom. The molecule has 1 aromatic heterocycles. The summed E-state index contributed by atoms with van der Waals surface area (Å²) in [5.74, 6) is -4.21. The van der Waals surface area contributed by atoms with E-state index in [9.17, 15) is 46.1 Å². The normalized spacial score (nSPS) is 27.8. The molecule has 0 bridgehead atoms. The van der Waals surface area contributed by atoms with Crippen LogP contribution in [0.4, 0.5) is 17.6 Å². The quantitative estimate of drug-likeness (QED) is 0.145.